The van der Waals surface area contributed by atoms with E-state index >= 15 is 0 Å². The molecule has 6 rings (SSSR count). The van der Waals surface area contributed by atoms with Crippen LogP contribution in [-0.2, 0) is 9.78 Å². The second kappa shape index (κ2) is 7.18. The predicted octanol–water partition coefficient (Wildman–Crippen LogP) is 6.47. The molecule has 0 aromatic carbocycles. The van der Waals surface area contributed by atoms with E-state index in [2.05, 4.69) is 65.8 Å². The lowest BCUT2D eigenvalue weighted by atomic mass is 9.43. The molecule has 174 valence electrons. The minimum absolute atomic E-state index is 0.0663. The third kappa shape index (κ3) is 2.88. The molecule has 4 aliphatic carbocycles. The quantitative estimate of drug-likeness (QED) is 0.412. The smallest absolute Gasteiger partial charge is 0.130 e. The molecule has 3 heteroatoms. The lowest BCUT2D eigenvalue weighted by Gasteiger charge is -2.69. The fourth-order valence-electron chi connectivity index (χ4n) is 8.71. The van der Waals surface area contributed by atoms with Gasteiger partial charge in [-0.1, -0.05) is 59.8 Å². The molecule has 10 atom stereocenters. The van der Waals surface area contributed by atoms with Crippen LogP contribution in [0, 0.1) is 46.3 Å². The van der Waals surface area contributed by atoms with Crippen molar-refractivity contribution in [3.8, 4) is 0 Å². The van der Waals surface area contributed by atoms with Crippen molar-refractivity contribution < 1.29 is 14.9 Å². The van der Waals surface area contributed by atoms with Crippen LogP contribution in [0.15, 0.2) is 24.3 Å². The first-order valence-electron chi connectivity index (χ1n) is 13.0. The molecule has 3 nitrogen and oxygen atoms in total. The number of rotatable bonds is 4. The summed E-state index contributed by atoms with van der Waals surface area (Å²) in [5.74, 6) is 3.64. The van der Waals surface area contributed by atoms with Gasteiger partial charge in [0.1, 0.15) is 11.2 Å². The summed E-state index contributed by atoms with van der Waals surface area (Å²) < 4.78 is 0. The van der Waals surface area contributed by atoms with Crippen LogP contribution in [0.4, 0.5) is 0 Å². The fourth-order valence-corrected chi connectivity index (χ4v) is 8.71. The molecule has 6 aliphatic rings. The zero-order valence-electron chi connectivity index (χ0n) is 20.6. The maximum Gasteiger partial charge on any atom is 0.130 e. The minimum atomic E-state index is -0.439. The van der Waals surface area contributed by atoms with Gasteiger partial charge in [0.15, 0.2) is 0 Å². The van der Waals surface area contributed by atoms with Crippen LogP contribution in [-0.4, -0.2) is 22.4 Å². The van der Waals surface area contributed by atoms with Crippen LogP contribution in [0.5, 0.6) is 0 Å². The Labute approximate surface area is 189 Å². The minimum Gasteiger partial charge on any atom is -0.393 e. The number of aliphatic hydroxyl groups excluding tert-OH is 1. The van der Waals surface area contributed by atoms with Crippen LogP contribution in [0.1, 0.15) is 86.5 Å². The van der Waals surface area contributed by atoms with Gasteiger partial charge in [-0.25, -0.2) is 9.78 Å². The highest BCUT2D eigenvalue weighted by atomic mass is 17.2. The Hall–Kier alpha value is -0.640. The molecule has 3 saturated carbocycles. The van der Waals surface area contributed by atoms with Gasteiger partial charge in [0, 0.05) is 23.7 Å². The van der Waals surface area contributed by atoms with Gasteiger partial charge in [-0.3, -0.25) is 0 Å². The van der Waals surface area contributed by atoms with Gasteiger partial charge in [-0.2, -0.15) is 0 Å². The first-order chi connectivity index (χ1) is 14.6. The van der Waals surface area contributed by atoms with E-state index in [1.165, 1.54) is 25.7 Å². The average Bonchev–Trinajstić information content (AvgIpc) is 3.09. The maximum atomic E-state index is 10.4. The number of aliphatic hydroxyl groups is 1. The Morgan fingerprint density at radius 1 is 0.903 bits per heavy atom. The van der Waals surface area contributed by atoms with Crippen LogP contribution in [0.3, 0.4) is 0 Å². The molecule has 1 N–H and O–H groups in total. The summed E-state index contributed by atoms with van der Waals surface area (Å²) in [5.41, 5.74) is -0.366. The second-order valence-electron chi connectivity index (χ2n) is 12.7. The summed E-state index contributed by atoms with van der Waals surface area (Å²) in [6.45, 7) is 14.4. The monoisotopic (exact) mass is 428 g/mol. The summed E-state index contributed by atoms with van der Waals surface area (Å²) in [6, 6.07) is 0. The van der Waals surface area contributed by atoms with Crippen molar-refractivity contribution in [1.29, 1.82) is 0 Å². The van der Waals surface area contributed by atoms with Crippen molar-refractivity contribution in [3.63, 3.8) is 0 Å². The van der Waals surface area contributed by atoms with E-state index in [0.717, 1.165) is 12.8 Å². The second-order valence-corrected chi connectivity index (χ2v) is 12.7. The molecule has 2 aliphatic heterocycles. The molecule has 2 spiro atoms. The summed E-state index contributed by atoms with van der Waals surface area (Å²) in [6.07, 6.45) is 17.0. The SMILES string of the molecule is CC(C)C(C)C=CC(C)C1CCC2C34C=CC5(CC(O)CC[C@]5(C)C3CC[C@]12C)OO4. The Morgan fingerprint density at radius 2 is 1.68 bits per heavy atom. The van der Waals surface area contributed by atoms with E-state index in [4.69, 9.17) is 9.78 Å². The van der Waals surface area contributed by atoms with Gasteiger partial charge in [0.25, 0.3) is 0 Å². The van der Waals surface area contributed by atoms with E-state index in [0.29, 0.717) is 41.9 Å². The van der Waals surface area contributed by atoms with Crippen molar-refractivity contribution in [2.24, 2.45) is 46.3 Å². The van der Waals surface area contributed by atoms with Crippen molar-refractivity contribution in [3.05, 3.63) is 24.3 Å². The first kappa shape index (κ1) is 22.2. The van der Waals surface area contributed by atoms with E-state index < -0.39 is 5.60 Å². The molecule has 4 fully saturated rings. The third-order valence-corrected chi connectivity index (χ3v) is 11.1. The van der Waals surface area contributed by atoms with Gasteiger partial charge in [-0.15, -0.1) is 0 Å². The summed E-state index contributed by atoms with van der Waals surface area (Å²) >= 11 is 0. The molecule has 1 saturated heterocycles. The normalized spacial score (nSPS) is 52.8. The molecule has 0 radical (unpaired) electrons. The van der Waals surface area contributed by atoms with Gasteiger partial charge in [0.2, 0.25) is 0 Å². The van der Waals surface area contributed by atoms with Crippen molar-refractivity contribution in [1.82, 2.24) is 0 Å². The number of hydrogen-bond donors (Lipinski definition) is 1. The third-order valence-electron chi connectivity index (χ3n) is 11.1. The fraction of sp³-hybridized carbons (Fsp3) is 0.857. The zero-order valence-corrected chi connectivity index (χ0v) is 20.6. The number of allylic oxidation sites excluding steroid dienone is 2. The van der Waals surface area contributed by atoms with E-state index in [1.807, 2.05) is 0 Å². The van der Waals surface area contributed by atoms with Crippen molar-refractivity contribution >= 4 is 0 Å². The molecule has 0 aromatic heterocycles. The van der Waals surface area contributed by atoms with Gasteiger partial charge in [0.05, 0.1) is 6.10 Å². The van der Waals surface area contributed by atoms with Crippen LogP contribution in [0.25, 0.3) is 0 Å². The largest absolute Gasteiger partial charge is 0.393 e. The Kier molecular flexibility index (Phi) is 5.13. The van der Waals surface area contributed by atoms with E-state index in [-0.39, 0.29) is 22.5 Å². The summed E-state index contributed by atoms with van der Waals surface area (Å²) in [7, 11) is 0. The predicted molar refractivity (Wildman–Crippen MR) is 124 cm³/mol. The highest BCUT2D eigenvalue weighted by Crippen LogP contribution is 2.72. The first-order valence-corrected chi connectivity index (χ1v) is 13.0. The standard InChI is InChI=1S/C28H44O3/c1-18(2)19(3)7-8-20(4)22-9-10-23-25(22,5)13-12-24-26(6)14-11-21(29)17-27(26)15-16-28(23,24)31-30-27/h7-8,15-16,18-24,29H,9-14,17H2,1-6H3/t19?,20?,21?,22?,23?,24?,25-,26-,27?,28?/m1/s1. The van der Waals surface area contributed by atoms with Crippen LogP contribution in [0.2, 0.25) is 0 Å². The van der Waals surface area contributed by atoms with Gasteiger partial charge < -0.3 is 5.11 Å². The topological polar surface area (TPSA) is 38.7 Å². The lowest BCUT2D eigenvalue weighted by Crippen LogP contribution is -2.73. The van der Waals surface area contributed by atoms with Gasteiger partial charge >= 0.3 is 0 Å². The average molecular weight is 429 g/mol. The molecule has 31 heavy (non-hydrogen) atoms. The molecule has 8 unspecified atom stereocenters. The zero-order chi connectivity index (χ0) is 22.2. The summed E-state index contributed by atoms with van der Waals surface area (Å²) in [4.78, 5) is 12.8. The Morgan fingerprint density at radius 3 is 2.35 bits per heavy atom. The van der Waals surface area contributed by atoms with Crippen molar-refractivity contribution in [2.45, 2.75) is 104 Å². The van der Waals surface area contributed by atoms with Crippen LogP contribution < -0.4 is 0 Å². The molecule has 2 bridgehead atoms. The molecule has 0 aromatic rings. The van der Waals surface area contributed by atoms with E-state index in [1.54, 1.807) is 0 Å². The molecular formula is C28H44O3. The highest BCUT2D eigenvalue weighted by molar-refractivity contribution is 5.33. The number of fused-ring (bicyclic) bond motifs is 2. The number of hydrogen-bond acceptors (Lipinski definition) is 3. The summed E-state index contributed by atoms with van der Waals surface area (Å²) in [5, 5.41) is 10.4. The van der Waals surface area contributed by atoms with Crippen molar-refractivity contribution in [2.75, 3.05) is 0 Å². The molecular weight excluding hydrogens is 384 g/mol. The Balaban J connectivity index is 1.45. The molecule has 2 heterocycles. The maximum absolute atomic E-state index is 10.4. The van der Waals surface area contributed by atoms with Crippen LogP contribution >= 0.6 is 0 Å². The highest BCUT2D eigenvalue weighted by Gasteiger charge is 2.74. The lowest BCUT2D eigenvalue weighted by molar-refractivity contribution is -0.497. The van der Waals surface area contributed by atoms with E-state index in [9.17, 15) is 5.11 Å². The Bertz CT molecular complexity index is 772. The molecule has 0 amide bonds. The van der Waals surface area contributed by atoms with Gasteiger partial charge in [-0.05, 0) is 73.7 Å².